The molecule has 0 aromatic rings. The van der Waals surface area contributed by atoms with E-state index in [4.69, 9.17) is 0 Å². The van der Waals surface area contributed by atoms with Crippen LogP contribution in [-0.2, 0) is 14.3 Å². The van der Waals surface area contributed by atoms with Gasteiger partial charge in [0.2, 0.25) is 0 Å². The van der Waals surface area contributed by atoms with Gasteiger partial charge in [-0.3, -0.25) is 4.79 Å². The topological polar surface area (TPSA) is 46.6 Å². The highest BCUT2D eigenvalue weighted by Crippen LogP contribution is 2.37. The Hall–Kier alpha value is -1.76. The minimum atomic E-state index is -6.28. The summed E-state index contributed by atoms with van der Waals surface area (Å²) >= 11 is 0. The van der Waals surface area contributed by atoms with Crippen LogP contribution in [-0.4, -0.2) is 60.7 Å². The van der Waals surface area contributed by atoms with Gasteiger partial charge in [0, 0.05) is 6.54 Å². The van der Waals surface area contributed by atoms with Crippen molar-refractivity contribution in [3.05, 3.63) is 0 Å². The maximum atomic E-state index is 12.8. The number of halogens is 10. The van der Waals surface area contributed by atoms with E-state index in [0.29, 0.717) is 0 Å². The SMILES string of the molecule is CCN(CCOC(=O)C(F)(F)C(F)(F)F)C(=O)C(F)(F)C(F)(F)F. The summed E-state index contributed by atoms with van der Waals surface area (Å²) in [5.74, 6) is -17.6. The molecule has 0 aliphatic rings. The molecule has 0 aliphatic carbocycles. The monoisotopic (exact) mass is 381 g/mol. The summed E-state index contributed by atoms with van der Waals surface area (Å²) in [6.45, 7) is -2.55. The Kier molecular flexibility index (Phi) is 6.49. The minimum Gasteiger partial charge on any atom is -0.459 e. The standard InChI is InChI=1S/C10H9F10NO3/c1-2-21(5(22)7(11,12)9(15,16)17)3-4-24-6(23)8(13,14)10(18,19)20/h2-4H2,1H3. The largest absolute Gasteiger partial charge is 0.465 e. The lowest BCUT2D eigenvalue weighted by Gasteiger charge is -2.27. The number of carbonyl (C=O) groups is 2. The molecule has 4 nitrogen and oxygen atoms in total. The van der Waals surface area contributed by atoms with Gasteiger partial charge in [-0.2, -0.15) is 43.9 Å². The van der Waals surface area contributed by atoms with E-state index in [1.165, 1.54) is 0 Å². The lowest BCUT2D eigenvalue weighted by Crippen LogP contribution is -2.53. The lowest BCUT2D eigenvalue weighted by atomic mass is 10.2. The lowest BCUT2D eigenvalue weighted by molar-refractivity contribution is -0.281. The van der Waals surface area contributed by atoms with Crippen molar-refractivity contribution in [3.8, 4) is 0 Å². The molecular formula is C10H9F10NO3. The minimum absolute atomic E-state index is 0.216. The van der Waals surface area contributed by atoms with Gasteiger partial charge in [0.15, 0.2) is 0 Å². The van der Waals surface area contributed by atoms with E-state index in [2.05, 4.69) is 4.74 Å². The average Bonchev–Trinajstić information content (AvgIpc) is 2.39. The Balaban J connectivity index is 4.86. The molecule has 0 radical (unpaired) electrons. The van der Waals surface area contributed by atoms with Gasteiger partial charge in [-0.25, -0.2) is 4.79 Å². The number of esters is 1. The Bertz CT molecular complexity index is 470. The maximum Gasteiger partial charge on any atom is 0.465 e. The molecule has 0 unspecified atom stereocenters. The molecule has 24 heavy (non-hydrogen) atoms. The van der Waals surface area contributed by atoms with Crippen LogP contribution < -0.4 is 0 Å². The number of alkyl halides is 10. The second-order valence-electron chi connectivity index (χ2n) is 4.17. The molecule has 0 fully saturated rings. The molecule has 0 heterocycles. The summed E-state index contributed by atoms with van der Waals surface area (Å²) in [7, 11) is 0. The zero-order valence-electron chi connectivity index (χ0n) is 11.6. The first-order valence-corrected chi connectivity index (χ1v) is 5.85. The van der Waals surface area contributed by atoms with Gasteiger partial charge in [-0.05, 0) is 6.92 Å². The third-order valence-corrected chi connectivity index (χ3v) is 2.50. The first-order chi connectivity index (χ1) is 10.5. The van der Waals surface area contributed by atoms with Crippen LogP contribution in [0.4, 0.5) is 43.9 Å². The smallest absolute Gasteiger partial charge is 0.459 e. The molecule has 142 valence electrons. The van der Waals surface area contributed by atoms with Crippen LogP contribution in [0.2, 0.25) is 0 Å². The molecule has 1 amide bonds. The molecule has 0 spiro atoms. The van der Waals surface area contributed by atoms with Crippen molar-refractivity contribution in [1.82, 2.24) is 4.90 Å². The van der Waals surface area contributed by atoms with Gasteiger partial charge in [-0.1, -0.05) is 0 Å². The van der Waals surface area contributed by atoms with E-state index in [1.807, 2.05) is 0 Å². The number of hydrogen-bond donors (Lipinski definition) is 0. The van der Waals surface area contributed by atoms with Crippen LogP contribution in [0.25, 0.3) is 0 Å². The van der Waals surface area contributed by atoms with Gasteiger partial charge in [-0.15, -0.1) is 0 Å². The summed E-state index contributed by atoms with van der Waals surface area (Å²) in [6, 6.07) is 0. The van der Waals surface area contributed by atoms with Gasteiger partial charge in [0.25, 0.3) is 0 Å². The van der Waals surface area contributed by atoms with E-state index in [1.54, 1.807) is 0 Å². The van der Waals surface area contributed by atoms with Crippen molar-refractivity contribution < 1.29 is 58.2 Å². The number of hydrogen-bond acceptors (Lipinski definition) is 3. The maximum absolute atomic E-state index is 12.8. The third-order valence-electron chi connectivity index (χ3n) is 2.50. The Morgan fingerprint density at radius 1 is 0.833 bits per heavy atom. The summed E-state index contributed by atoms with van der Waals surface area (Å²) in [4.78, 5) is 21.4. The molecule has 0 aromatic carbocycles. The normalized spacial score (nSPS) is 13.6. The number of likely N-dealkylation sites (N-methyl/N-ethyl adjacent to an activating group) is 1. The predicted octanol–water partition coefficient (Wildman–Crippen LogP) is 2.77. The van der Waals surface area contributed by atoms with Gasteiger partial charge < -0.3 is 9.64 Å². The molecule has 14 heteroatoms. The summed E-state index contributed by atoms with van der Waals surface area (Å²) in [5.41, 5.74) is 0. The average molecular weight is 381 g/mol. The van der Waals surface area contributed by atoms with Gasteiger partial charge in [0.1, 0.15) is 6.61 Å². The Morgan fingerprint density at radius 3 is 1.58 bits per heavy atom. The van der Waals surface area contributed by atoms with E-state index in [9.17, 15) is 53.5 Å². The molecular weight excluding hydrogens is 372 g/mol. The van der Waals surface area contributed by atoms with Crippen LogP contribution in [0.5, 0.6) is 0 Å². The van der Waals surface area contributed by atoms with Gasteiger partial charge in [0.05, 0.1) is 6.54 Å². The zero-order valence-corrected chi connectivity index (χ0v) is 11.6. The van der Waals surface area contributed by atoms with Crippen LogP contribution in [0.1, 0.15) is 6.92 Å². The van der Waals surface area contributed by atoms with Crippen molar-refractivity contribution in [1.29, 1.82) is 0 Å². The molecule has 0 saturated carbocycles. The Labute approximate surface area is 127 Å². The van der Waals surface area contributed by atoms with E-state index >= 15 is 0 Å². The molecule has 0 N–H and O–H groups in total. The first-order valence-electron chi connectivity index (χ1n) is 5.85. The van der Waals surface area contributed by atoms with Crippen molar-refractivity contribution in [3.63, 3.8) is 0 Å². The quantitative estimate of drug-likeness (QED) is 0.525. The highest BCUT2D eigenvalue weighted by molar-refractivity contribution is 5.84. The second kappa shape index (κ2) is 7.01. The molecule has 0 atom stereocenters. The van der Waals surface area contributed by atoms with Crippen LogP contribution in [0.3, 0.4) is 0 Å². The fraction of sp³-hybridized carbons (Fsp3) is 0.800. The molecule has 0 saturated heterocycles. The summed E-state index contributed by atoms with van der Waals surface area (Å²) in [6.07, 6.45) is -12.5. The summed E-state index contributed by atoms with van der Waals surface area (Å²) < 4.78 is 126. The molecule has 0 bridgehead atoms. The number of rotatable bonds is 6. The van der Waals surface area contributed by atoms with Crippen molar-refractivity contribution in [2.45, 2.75) is 31.1 Å². The Morgan fingerprint density at radius 2 is 1.25 bits per heavy atom. The van der Waals surface area contributed by atoms with Crippen molar-refractivity contribution >= 4 is 11.9 Å². The van der Waals surface area contributed by atoms with E-state index in [-0.39, 0.29) is 4.90 Å². The molecule has 0 rings (SSSR count). The first kappa shape index (κ1) is 22.2. The van der Waals surface area contributed by atoms with Crippen molar-refractivity contribution in [2.75, 3.05) is 19.7 Å². The third kappa shape index (κ3) is 4.63. The van der Waals surface area contributed by atoms with Gasteiger partial charge >= 0.3 is 36.1 Å². The van der Waals surface area contributed by atoms with E-state index in [0.717, 1.165) is 6.92 Å². The van der Waals surface area contributed by atoms with Crippen LogP contribution >= 0.6 is 0 Å². The highest BCUT2D eigenvalue weighted by Gasteiger charge is 2.65. The fourth-order valence-corrected chi connectivity index (χ4v) is 1.18. The number of nitrogens with zero attached hydrogens (tertiary/aromatic N) is 1. The zero-order chi connectivity index (χ0) is 19.6. The predicted molar refractivity (Wildman–Crippen MR) is 55.2 cm³/mol. The number of amides is 1. The van der Waals surface area contributed by atoms with Crippen molar-refractivity contribution in [2.24, 2.45) is 0 Å². The van der Waals surface area contributed by atoms with E-state index < -0.39 is 55.8 Å². The van der Waals surface area contributed by atoms with Crippen LogP contribution in [0, 0.1) is 0 Å². The summed E-state index contributed by atoms with van der Waals surface area (Å²) in [5, 5.41) is 0. The molecule has 0 aliphatic heterocycles. The highest BCUT2D eigenvalue weighted by atomic mass is 19.4. The fourth-order valence-electron chi connectivity index (χ4n) is 1.18. The number of ether oxygens (including phenoxy) is 1. The number of carbonyl (C=O) groups excluding carboxylic acids is 2. The second-order valence-corrected chi connectivity index (χ2v) is 4.17. The van der Waals surface area contributed by atoms with Crippen LogP contribution in [0.15, 0.2) is 0 Å². The molecule has 0 aromatic heterocycles.